The molecule has 0 saturated carbocycles. The van der Waals surface area contributed by atoms with Crippen LogP contribution in [-0.4, -0.2) is 67.7 Å². The van der Waals surface area contributed by atoms with Crippen molar-refractivity contribution in [1.82, 2.24) is 9.80 Å². The Morgan fingerprint density at radius 3 is 2.56 bits per heavy atom. The molecular formula is C13H27N3O2. The summed E-state index contributed by atoms with van der Waals surface area (Å²) in [5.74, 6) is 0.250. The van der Waals surface area contributed by atoms with E-state index in [0.717, 1.165) is 32.5 Å². The zero-order chi connectivity index (χ0) is 13.4. The number of likely N-dealkylation sites (tertiary alicyclic amines) is 1. The molecule has 1 aliphatic heterocycles. The molecule has 0 radical (unpaired) electrons. The summed E-state index contributed by atoms with van der Waals surface area (Å²) in [6.07, 6.45) is 2.29. The van der Waals surface area contributed by atoms with E-state index >= 15 is 0 Å². The Labute approximate surface area is 110 Å². The fraction of sp³-hybridized carbons (Fsp3) is 0.923. The Balaban J connectivity index is 2.29. The summed E-state index contributed by atoms with van der Waals surface area (Å²) in [5, 5.41) is 0. The molecule has 1 amide bonds. The second-order valence-corrected chi connectivity index (χ2v) is 5.05. The molecule has 0 bridgehead atoms. The van der Waals surface area contributed by atoms with Gasteiger partial charge in [0.1, 0.15) is 0 Å². The van der Waals surface area contributed by atoms with Crippen molar-refractivity contribution < 1.29 is 9.53 Å². The lowest BCUT2D eigenvalue weighted by atomic mass is 10.3. The van der Waals surface area contributed by atoms with Gasteiger partial charge in [0.2, 0.25) is 5.91 Å². The molecule has 1 fully saturated rings. The molecule has 0 unspecified atom stereocenters. The Hall–Kier alpha value is -0.650. The molecule has 0 aromatic rings. The minimum Gasteiger partial charge on any atom is -0.379 e. The van der Waals surface area contributed by atoms with Crippen molar-refractivity contribution in [3.05, 3.63) is 0 Å². The van der Waals surface area contributed by atoms with Gasteiger partial charge in [0.25, 0.3) is 0 Å². The summed E-state index contributed by atoms with van der Waals surface area (Å²) >= 11 is 0. The topological polar surface area (TPSA) is 58.8 Å². The van der Waals surface area contributed by atoms with Crippen molar-refractivity contribution in [2.75, 3.05) is 45.9 Å². The highest BCUT2D eigenvalue weighted by molar-refractivity contribution is 5.78. The van der Waals surface area contributed by atoms with Crippen LogP contribution in [0.3, 0.4) is 0 Å². The maximum Gasteiger partial charge on any atom is 0.236 e. The van der Waals surface area contributed by atoms with E-state index in [4.69, 9.17) is 10.5 Å². The van der Waals surface area contributed by atoms with Crippen LogP contribution < -0.4 is 5.73 Å². The van der Waals surface area contributed by atoms with Gasteiger partial charge in [-0.2, -0.15) is 0 Å². The van der Waals surface area contributed by atoms with Crippen molar-refractivity contribution in [2.45, 2.75) is 32.7 Å². The van der Waals surface area contributed by atoms with E-state index < -0.39 is 0 Å². The van der Waals surface area contributed by atoms with Crippen LogP contribution in [0.5, 0.6) is 0 Å². The van der Waals surface area contributed by atoms with Crippen LogP contribution in [0.2, 0.25) is 0 Å². The third kappa shape index (κ3) is 5.33. The van der Waals surface area contributed by atoms with Crippen molar-refractivity contribution in [3.63, 3.8) is 0 Å². The van der Waals surface area contributed by atoms with Gasteiger partial charge in [0.05, 0.1) is 19.8 Å². The molecule has 1 rings (SSSR count). The molecular weight excluding hydrogens is 230 g/mol. The average molecular weight is 257 g/mol. The molecule has 0 atom stereocenters. The van der Waals surface area contributed by atoms with Gasteiger partial charge in [-0.25, -0.2) is 0 Å². The number of carbonyl (C=O) groups is 1. The normalized spacial score (nSPS) is 15.9. The first-order valence-electron chi connectivity index (χ1n) is 6.94. The van der Waals surface area contributed by atoms with E-state index in [0.29, 0.717) is 32.3 Å². The summed E-state index contributed by atoms with van der Waals surface area (Å²) in [6, 6.07) is 0.359. The van der Waals surface area contributed by atoms with Crippen molar-refractivity contribution in [3.8, 4) is 0 Å². The quantitative estimate of drug-likeness (QED) is 0.635. The van der Waals surface area contributed by atoms with E-state index in [1.54, 1.807) is 0 Å². The summed E-state index contributed by atoms with van der Waals surface area (Å²) in [6.45, 7) is 9.15. The minimum absolute atomic E-state index is 0.250. The van der Waals surface area contributed by atoms with Crippen LogP contribution in [-0.2, 0) is 9.53 Å². The van der Waals surface area contributed by atoms with Gasteiger partial charge >= 0.3 is 0 Å². The van der Waals surface area contributed by atoms with Crippen molar-refractivity contribution in [1.29, 1.82) is 0 Å². The van der Waals surface area contributed by atoms with Crippen LogP contribution in [0.4, 0.5) is 0 Å². The number of amides is 1. The smallest absolute Gasteiger partial charge is 0.236 e. The lowest BCUT2D eigenvalue weighted by Gasteiger charge is -2.27. The number of rotatable bonds is 8. The number of nitrogens with zero attached hydrogens (tertiary/aromatic N) is 2. The monoisotopic (exact) mass is 257 g/mol. The molecule has 106 valence electrons. The molecule has 5 heteroatoms. The van der Waals surface area contributed by atoms with Crippen LogP contribution in [0.25, 0.3) is 0 Å². The predicted octanol–water partition coefficient (Wildman–Crippen LogP) is 0.295. The second kappa shape index (κ2) is 8.45. The van der Waals surface area contributed by atoms with Gasteiger partial charge in [-0.1, -0.05) is 0 Å². The zero-order valence-corrected chi connectivity index (χ0v) is 11.7. The molecule has 0 aromatic carbocycles. The summed E-state index contributed by atoms with van der Waals surface area (Å²) in [5.41, 5.74) is 5.37. The first-order valence-corrected chi connectivity index (χ1v) is 6.94. The van der Waals surface area contributed by atoms with Gasteiger partial charge in [-0.05, 0) is 26.7 Å². The number of ether oxygens (including phenoxy) is 1. The third-order valence-corrected chi connectivity index (χ3v) is 3.31. The standard InChI is InChI=1S/C13H27N3O2/c1-12(2)16(8-10-18-9-5-14)11-13(17)15-6-3-4-7-15/h12H,3-11,14H2,1-2H3. The van der Waals surface area contributed by atoms with E-state index in [-0.39, 0.29) is 5.91 Å². The molecule has 0 aromatic heterocycles. The van der Waals surface area contributed by atoms with Crippen molar-refractivity contribution in [2.24, 2.45) is 5.73 Å². The lowest BCUT2D eigenvalue weighted by molar-refractivity contribution is -0.132. The zero-order valence-electron chi connectivity index (χ0n) is 11.7. The molecule has 18 heavy (non-hydrogen) atoms. The van der Waals surface area contributed by atoms with E-state index in [2.05, 4.69) is 18.7 Å². The van der Waals surface area contributed by atoms with Crippen LogP contribution in [0, 0.1) is 0 Å². The fourth-order valence-corrected chi connectivity index (χ4v) is 2.13. The largest absolute Gasteiger partial charge is 0.379 e. The van der Waals surface area contributed by atoms with Gasteiger partial charge in [-0.15, -0.1) is 0 Å². The predicted molar refractivity (Wildman–Crippen MR) is 72.4 cm³/mol. The van der Waals surface area contributed by atoms with Crippen LogP contribution in [0.1, 0.15) is 26.7 Å². The molecule has 0 aliphatic carbocycles. The highest BCUT2D eigenvalue weighted by Gasteiger charge is 2.21. The van der Waals surface area contributed by atoms with E-state index in [1.165, 1.54) is 0 Å². The number of hydrogen-bond acceptors (Lipinski definition) is 4. The summed E-state index contributed by atoms with van der Waals surface area (Å²) < 4.78 is 5.38. The third-order valence-electron chi connectivity index (χ3n) is 3.31. The summed E-state index contributed by atoms with van der Waals surface area (Å²) in [7, 11) is 0. The Kier molecular flexibility index (Phi) is 7.23. The number of nitrogens with two attached hydrogens (primary N) is 1. The highest BCUT2D eigenvalue weighted by atomic mass is 16.5. The fourth-order valence-electron chi connectivity index (χ4n) is 2.13. The first-order chi connectivity index (χ1) is 8.65. The summed E-state index contributed by atoms with van der Waals surface area (Å²) in [4.78, 5) is 16.2. The van der Waals surface area contributed by atoms with E-state index in [9.17, 15) is 4.79 Å². The van der Waals surface area contributed by atoms with Gasteiger partial charge < -0.3 is 15.4 Å². The van der Waals surface area contributed by atoms with E-state index in [1.807, 2.05) is 4.90 Å². The van der Waals surface area contributed by atoms with Gasteiger partial charge in [0.15, 0.2) is 0 Å². The number of carbonyl (C=O) groups excluding carboxylic acids is 1. The van der Waals surface area contributed by atoms with Crippen molar-refractivity contribution >= 4 is 5.91 Å². The maximum absolute atomic E-state index is 12.1. The Morgan fingerprint density at radius 2 is 2.00 bits per heavy atom. The molecule has 0 spiro atoms. The minimum atomic E-state index is 0.250. The maximum atomic E-state index is 12.1. The molecule has 2 N–H and O–H groups in total. The SMILES string of the molecule is CC(C)N(CCOCCN)CC(=O)N1CCCC1. The van der Waals surface area contributed by atoms with Gasteiger partial charge in [0, 0.05) is 32.2 Å². The second-order valence-electron chi connectivity index (χ2n) is 5.05. The lowest BCUT2D eigenvalue weighted by Crippen LogP contribution is -2.43. The molecule has 1 heterocycles. The van der Waals surface area contributed by atoms with Crippen LogP contribution >= 0.6 is 0 Å². The Bertz CT molecular complexity index is 240. The first kappa shape index (κ1) is 15.4. The average Bonchev–Trinajstić information content (AvgIpc) is 2.86. The number of hydrogen-bond donors (Lipinski definition) is 1. The van der Waals surface area contributed by atoms with Gasteiger partial charge in [-0.3, -0.25) is 9.69 Å². The highest BCUT2D eigenvalue weighted by Crippen LogP contribution is 2.09. The molecule has 5 nitrogen and oxygen atoms in total. The molecule has 1 saturated heterocycles. The van der Waals surface area contributed by atoms with Crippen LogP contribution in [0.15, 0.2) is 0 Å². The molecule has 1 aliphatic rings. The Morgan fingerprint density at radius 1 is 1.33 bits per heavy atom.